The molecule has 1 N–H and O–H groups in total. The SMILES string of the molecule is COc1ccc(C(CCO)N2C(=O)c3ccccc3C2=O)cc1OC(C)C. The Bertz CT molecular complexity index is 826. The summed E-state index contributed by atoms with van der Waals surface area (Å²) in [4.78, 5) is 26.9. The molecule has 1 aliphatic rings. The van der Waals surface area contributed by atoms with Crippen molar-refractivity contribution in [2.75, 3.05) is 13.7 Å². The molecule has 1 unspecified atom stereocenters. The number of fused-ring (bicyclic) bond motifs is 1. The molecule has 0 spiro atoms. The fraction of sp³-hybridized carbons (Fsp3) is 0.333. The predicted molar refractivity (Wildman–Crippen MR) is 100 cm³/mol. The standard InChI is InChI=1S/C21H23NO5/c1-13(2)27-19-12-14(8-9-18(19)26-3)17(10-11-23)22-20(24)15-6-4-5-7-16(15)21(22)25/h4-9,12-13,17,23H,10-11H2,1-3H3. The number of ether oxygens (including phenoxy) is 2. The van der Waals surface area contributed by atoms with Crippen molar-refractivity contribution < 1.29 is 24.2 Å². The second-order valence-electron chi connectivity index (χ2n) is 6.63. The third kappa shape index (κ3) is 3.53. The molecule has 0 saturated carbocycles. The molecule has 6 nitrogen and oxygen atoms in total. The lowest BCUT2D eigenvalue weighted by Crippen LogP contribution is -2.34. The third-order valence-electron chi connectivity index (χ3n) is 4.47. The van der Waals surface area contributed by atoms with Crippen molar-refractivity contribution in [3.8, 4) is 11.5 Å². The highest BCUT2D eigenvalue weighted by atomic mass is 16.5. The van der Waals surface area contributed by atoms with Gasteiger partial charge in [-0.2, -0.15) is 0 Å². The molecule has 0 saturated heterocycles. The Morgan fingerprint density at radius 1 is 1.00 bits per heavy atom. The van der Waals surface area contributed by atoms with Crippen molar-refractivity contribution in [1.82, 2.24) is 4.90 Å². The van der Waals surface area contributed by atoms with Crippen molar-refractivity contribution in [1.29, 1.82) is 0 Å². The van der Waals surface area contributed by atoms with Crippen LogP contribution in [0.2, 0.25) is 0 Å². The number of aliphatic hydroxyl groups excluding tert-OH is 1. The number of hydrogen-bond acceptors (Lipinski definition) is 5. The summed E-state index contributed by atoms with van der Waals surface area (Å²) >= 11 is 0. The van der Waals surface area contributed by atoms with Crippen LogP contribution in [0.15, 0.2) is 42.5 Å². The van der Waals surface area contributed by atoms with Crippen LogP contribution in [0, 0.1) is 0 Å². The van der Waals surface area contributed by atoms with Crippen molar-refractivity contribution in [2.45, 2.75) is 32.4 Å². The number of methoxy groups -OCH3 is 1. The molecular weight excluding hydrogens is 346 g/mol. The van der Waals surface area contributed by atoms with E-state index in [2.05, 4.69) is 0 Å². The average Bonchev–Trinajstić information content (AvgIpc) is 2.90. The van der Waals surface area contributed by atoms with Gasteiger partial charge in [-0.15, -0.1) is 0 Å². The van der Waals surface area contributed by atoms with Crippen LogP contribution in [0.25, 0.3) is 0 Å². The molecule has 1 atom stereocenters. The first kappa shape index (κ1) is 18.9. The second-order valence-corrected chi connectivity index (χ2v) is 6.63. The molecule has 2 amide bonds. The zero-order valence-corrected chi connectivity index (χ0v) is 15.6. The Kier molecular flexibility index (Phi) is 5.46. The number of rotatable bonds is 7. The molecule has 2 aromatic carbocycles. The van der Waals surface area contributed by atoms with Gasteiger partial charge in [0, 0.05) is 6.61 Å². The highest BCUT2D eigenvalue weighted by molar-refractivity contribution is 6.21. The average molecular weight is 369 g/mol. The Morgan fingerprint density at radius 2 is 1.63 bits per heavy atom. The summed E-state index contributed by atoms with van der Waals surface area (Å²) in [5.41, 5.74) is 1.48. The minimum absolute atomic E-state index is 0.0650. The van der Waals surface area contributed by atoms with Gasteiger partial charge in [-0.25, -0.2) is 0 Å². The van der Waals surface area contributed by atoms with E-state index in [-0.39, 0.29) is 30.9 Å². The van der Waals surface area contributed by atoms with E-state index in [0.29, 0.717) is 28.2 Å². The van der Waals surface area contributed by atoms with Gasteiger partial charge in [-0.3, -0.25) is 14.5 Å². The fourth-order valence-electron chi connectivity index (χ4n) is 3.30. The summed E-state index contributed by atoms with van der Waals surface area (Å²) in [5, 5.41) is 9.56. The molecule has 0 aliphatic carbocycles. The minimum Gasteiger partial charge on any atom is -0.493 e. The van der Waals surface area contributed by atoms with Crippen LogP contribution in [0.3, 0.4) is 0 Å². The van der Waals surface area contributed by atoms with E-state index in [1.54, 1.807) is 49.6 Å². The van der Waals surface area contributed by atoms with E-state index in [4.69, 9.17) is 9.47 Å². The van der Waals surface area contributed by atoms with Gasteiger partial charge >= 0.3 is 0 Å². The van der Waals surface area contributed by atoms with Gasteiger partial charge in [0.05, 0.1) is 30.4 Å². The van der Waals surface area contributed by atoms with Gasteiger partial charge in [0.1, 0.15) is 0 Å². The summed E-state index contributed by atoms with van der Waals surface area (Å²) in [6, 6.07) is 11.5. The topological polar surface area (TPSA) is 76.1 Å². The van der Waals surface area contributed by atoms with Crippen LogP contribution in [0.1, 0.15) is 52.6 Å². The number of benzene rings is 2. The Labute approximate surface area is 158 Å². The van der Waals surface area contributed by atoms with Crippen LogP contribution in [-0.4, -0.2) is 41.6 Å². The maximum Gasteiger partial charge on any atom is 0.262 e. The Morgan fingerprint density at radius 3 is 2.15 bits per heavy atom. The van der Waals surface area contributed by atoms with Crippen LogP contribution in [0.5, 0.6) is 11.5 Å². The van der Waals surface area contributed by atoms with Gasteiger partial charge in [-0.1, -0.05) is 18.2 Å². The van der Waals surface area contributed by atoms with E-state index in [9.17, 15) is 14.7 Å². The van der Waals surface area contributed by atoms with Gasteiger partial charge < -0.3 is 14.6 Å². The highest BCUT2D eigenvalue weighted by Crippen LogP contribution is 2.37. The van der Waals surface area contributed by atoms with Gasteiger partial charge in [0.25, 0.3) is 11.8 Å². The van der Waals surface area contributed by atoms with Crippen LogP contribution in [-0.2, 0) is 0 Å². The quantitative estimate of drug-likeness (QED) is 0.759. The monoisotopic (exact) mass is 369 g/mol. The molecular formula is C21H23NO5. The van der Waals surface area contributed by atoms with E-state index in [1.807, 2.05) is 13.8 Å². The van der Waals surface area contributed by atoms with Crippen molar-refractivity contribution in [3.63, 3.8) is 0 Å². The number of hydrogen-bond donors (Lipinski definition) is 1. The molecule has 3 rings (SSSR count). The molecule has 1 aliphatic heterocycles. The zero-order chi connectivity index (χ0) is 19.6. The van der Waals surface area contributed by atoms with Crippen molar-refractivity contribution in [3.05, 3.63) is 59.2 Å². The first-order valence-electron chi connectivity index (χ1n) is 8.90. The van der Waals surface area contributed by atoms with E-state index >= 15 is 0 Å². The number of nitrogens with zero attached hydrogens (tertiary/aromatic N) is 1. The summed E-state index contributed by atoms with van der Waals surface area (Å²) < 4.78 is 11.1. The molecule has 0 bridgehead atoms. The fourth-order valence-corrected chi connectivity index (χ4v) is 3.30. The van der Waals surface area contributed by atoms with Crippen molar-refractivity contribution >= 4 is 11.8 Å². The van der Waals surface area contributed by atoms with Gasteiger partial charge in [0.15, 0.2) is 11.5 Å². The van der Waals surface area contributed by atoms with Crippen LogP contribution >= 0.6 is 0 Å². The lowest BCUT2D eigenvalue weighted by molar-refractivity contribution is 0.0557. The van der Waals surface area contributed by atoms with E-state index in [0.717, 1.165) is 0 Å². The largest absolute Gasteiger partial charge is 0.493 e. The molecule has 142 valence electrons. The number of aliphatic hydroxyl groups is 1. The van der Waals surface area contributed by atoms with E-state index in [1.165, 1.54) is 4.90 Å². The van der Waals surface area contributed by atoms with E-state index < -0.39 is 6.04 Å². The molecule has 6 heteroatoms. The normalized spacial score (nSPS) is 14.5. The number of amides is 2. The summed E-state index contributed by atoms with van der Waals surface area (Å²) in [7, 11) is 1.55. The summed E-state index contributed by atoms with van der Waals surface area (Å²) in [5.74, 6) is 0.398. The molecule has 1 heterocycles. The van der Waals surface area contributed by atoms with Gasteiger partial charge in [0.2, 0.25) is 0 Å². The zero-order valence-electron chi connectivity index (χ0n) is 15.6. The highest BCUT2D eigenvalue weighted by Gasteiger charge is 2.40. The number of imide groups is 1. The van der Waals surface area contributed by atoms with Gasteiger partial charge in [-0.05, 0) is 50.1 Å². The second kappa shape index (κ2) is 7.80. The number of carbonyl (C=O) groups excluding carboxylic acids is 2. The molecule has 0 aromatic heterocycles. The summed E-state index contributed by atoms with van der Waals surface area (Å²) in [6.45, 7) is 3.65. The van der Waals surface area contributed by atoms with Crippen LogP contribution < -0.4 is 9.47 Å². The predicted octanol–water partition coefficient (Wildman–Crippen LogP) is 3.20. The Balaban J connectivity index is 2.02. The first-order chi connectivity index (χ1) is 13.0. The van der Waals surface area contributed by atoms with Crippen LogP contribution in [0.4, 0.5) is 0 Å². The lowest BCUT2D eigenvalue weighted by atomic mass is 10.0. The number of carbonyl (C=O) groups is 2. The molecule has 2 aromatic rings. The molecule has 0 fully saturated rings. The molecule has 0 radical (unpaired) electrons. The van der Waals surface area contributed by atoms with Crippen molar-refractivity contribution in [2.24, 2.45) is 0 Å². The smallest absolute Gasteiger partial charge is 0.262 e. The summed E-state index contributed by atoms with van der Waals surface area (Å²) in [6.07, 6.45) is 0.170. The minimum atomic E-state index is -0.595. The molecule has 27 heavy (non-hydrogen) atoms. The lowest BCUT2D eigenvalue weighted by Gasteiger charge is -2.27. The first-order valence-corrected chi connectivity index (χ1v) is 8.90. The third-order valence-corrected chi connectivity index (χ3v) is 4.47. The Hall–Kier alpha value is -2.86. The maximum absolute atomic E-state index is 12.9. The maximum atomic E-state index is 12.9.